The average molecular weight is 371 g/mol. The van der Waals surface area contributed by atoms with Gasteiger partial charge in [-0.25, -0.2) is 0 Å². The minimum Gasteiger partial charge on any atom is -0.393 e. The summed E-state index contributed by atoms with van der Waals surface area (Å²) in [5.41, 5.74) is 0.852. The fourth-order valence-corrected chi connectivity index (χ4v) is 5.13. The minimum absolute atomic E-state index is 0.0362. The third-order valence-electron chi connectivity index (χ3n) is 6.51. The minimum atomic E-state index is -0.684. The summed E-state index contributed by atoms with van der Waals surface area (Å²) in [6.45, 7) is 1.32. The Labute approximate surface area is 158 Å². The maximum absolute atomic E-state index is 13.4. The zero-order valence-corrected chi connectivity index (χ0v) is 15.2. The van der Waals surface area contributed by atoms with Crippen molar-refractivity contribution in [2.75, 3.05) is 19.7 Å². The number of ether oxygens (including phenoxy) is 1. The van der Waals surface area contributed by atoms with Crippen molar-refractivity contribution in [3.63, 3.8) is 0 Å². The molecule has 0 radical (unpaired) electrons. The standard InChI is InChI=1S/C20H25N3O4/c24-16-6-13-9-22(10-14(13)7-16)20(26)19-18(12-2-1-5-21-8-12)23(15-3-4-15)17(25)11-27-19/h1-2,5,8,13-16,18-19,24H,3-4,6-7,9-11H2/t13-,14+,16?,18-,19+/m1/s1. The molecule has 144 valence electrons. The molecule has 2 amide bonds. The zero-order valence-electron chi connectivity index (χ0n) is 15.2. The Morgan fingerprint density at radius 1 is 1.22 bits per heavy atom. The highest BCUT2D eigenvalue weighted by atomic mass is 16.5. The predicted octanol–water partition coefficient (Wildman–Crippen LogP) is 0.742. The topological polar surface area (TPSA) is 83.0 Å². The average Bonchev–Trinajstić information content (AvgIpc) is 3.34. The van der Waals surface area contributed by atoms with Crippen LogP contribution in [0.25, 0.3) is 0 Å². The summed E-state index contributed by atoms with van der Waals surface area (Å²) in [6, 6.07) is 3.55. The van der Waals surface area contributed by atoms with Crippen molar-refractivity contribution in [1.29, 1.82) is 0 Å². The van der Waals surface area contributed by atoms with E-state index in [0.29, 0.717) is 24.9 Å². The lowest BCUT2D eigenvalue weighted by Gasteiger charge is -2.41. The molecule has 4 fully saturated rings. The van der Waals surface area contributed by atoms with Crippen LogP contribution in [0.1, 0.15) is 37.3 Å². The number of hydrogen-bond donors (Lipinski definition) is 1. The van der Waals surface area contributed by atoms with E-state index in [2.05, 4.69) is 4.98 Å². The van der Waals surface area contributed by atoms with Crippen LogP contribution in [0.3, 0.4) is 0 Å². The molecule has 3 heterocycles. The number of fused-ring (bicyclic) bond motifs is 1. The van der Waals surface area contributed by atoms with Crippen molar-refractivity contribution in [3.8, 4) is 0 Å². The van der Waals surface area contributed by atoms with Gasteiger partial charge < -0.3 is 19.6 Å². The molecule has 0 aromatic carbocycles. The predicted molar refractivity (Wildman–Crippen MR) is 95.4 cm³/mol. The molecule has 1 aromatic rings. The van der Waals surface area contributed by atoms with Crippen molar-refractivity contribution in [1.82, 2.24) is 14.8 Å². The molecule has 2 aliphatic carbocycles. The first-order chi connectivity index (χ1) is 13.1. The number of carbonyl (C=O) groups excluding carboxylic acids is 2. The van der Waals surface area contributed by atoms with Gasteiger partial charge in [-0.05, 0) is 49.1 Å². The van der Waals surface area contributed by atoms with Crippen LogP contribution in [0.15, 0.2) is 24.5 Å². The highest BCUT2D eigenvalue weighted by molar-refractivity contribution is 5.87. The van der Waals surface area contributed by atoms with Gasteiger partial charge in [0, 0.05) is 31.5 Å². The summed E-state index contributed by atoms with van der Waals surface area (Å²) in [6.07, 6.45) is 6.03. The molecule has 5 atom stereocenters. The van der Waals surface area contributed by atoms with Crippen molar-refractivity contribution in [3.05, 3.63) is 30.1 Å². The number of aliphatic hydroxyl groups is 1. The summed E-state index contributed by atoms with van der Waals surface area (Å²) in [5, 5.41) is 9.85. The third kappa shape index (κ3) is 3.02. The van der Waals surface area contributed by atoms with Crippen LogP contribution in [0, 0.1) is 11.8 Å². The Morgan fingerprint density at radius 2 is 1.96 bits per heavy atom. The lowest BCUT2D eigenvalue weighted by molar-refractivity contribution is -0.170. The van der Waals surface area contributed by atoms with E-state index in [0.717, 1.165) is 31.2 Å². The van der Waals surface area contributed by atoms with Gasteiger partial charge in [0.2, 0.25) is 5.91 Å². The SMILES string of the molecule is O=C([C@H]1OCC(=O)N(C2CC2)[C@@H]1c1cccnc1)N1C[C@H]2CC(O)C[C@H]2C1. The monoisotopic (exact) mass is 371 g/mol. The van der Waals surface area contributed by atoms with Crippen LogP contribution >= 0.6 is 0 Å². The maximum atomic E-state index is 13.4. The first kappa shape index (κ1) is 17.1. The van der Waals surface area contributed by atoms with E-state index in [1.165, 1.54) is 0 Å². The number of morpholine rings is 1. The van der Waals surface area contributed by atoms with E-state index in [4.69, 9.17) is 4.74 Å². The Bertz CT molecular complexity index is 724. The highest BCUT2D eigenvalue weighted by Gasteiger charge is 2.50. The van der Waals surface area contributed by atoms with Gasteiger partial charge >= 0.3 is 0 Å². The molecule has 1 unspecified atom stereocenters. The smallest absolute Gasteiger partial charge is 0.254 e. The number of rotatable bonds is 3. The van der Waals surface area contributed by atoms with Crippen molar-refractivity contribution in [2.24, 2.45) is 11.8 Å². The molecule has 2 saturated carbocycles. The van der Waals surface area contributed by atoms with Gasteiger partial charge in [-0.3, -0.25) is 14.6 Å². The number of nitrogens with zero attached hydrogens (tertiary/aromatic N) is 3. The number of amides is 2. The Balaban J connectivity index is 1.41. The van der Waals surface area contributed by atoms with E-state index in [-0.39, 0.29) is 30.6 Å². The summed E-state index contributed by atoms with van der Waals surface area (Å²) >= 11 is 0. The summed E-state index contributed by atoms with van der Waals surface area (Å²) in [5.74, 6) is 0.679. The molecular weight excluding hydrogens is 346 g/mol. The van der Waals surface area contributed by atoms with E-state index in [1.54, 1.807) is 12.4 Å². The van der Waals surface area contributed by atoms with Crippen molar-refractivity contribution in [2.45, 2.75) is 50.0 Å². The summed E-state index contributed by atoms with van der Waals surface area (Å²) < 4.78 is 5.82. The summed E-state index contributed by atoms with van der Waals surface area (Å²) in [4.78, 5) is 33.9. The van der Waals surface area contributed by atoms with Gasteiger partial charge in [0.05, 0.1) is 12.1 Å². The van der Waals surface area contributed by atoms with Crippen molar-refractivity contribution >= 4 is 11.8 Å². The normalized spacial score (nSPS) is 36.2. The van der Waals surface area contributed by atoms with Crippen molar-refractivity contribution < 1.29 is 19.4 Å². The van der Waals surface area contributed by atoms with Crippen LogP contribution in [0.2, 0.25) is 0 Å². The molecule has 5 rings (SSSR count). The Kier molecular flexibility index (Phi) is 4.16. The number of hydrogen-bond acceptors (Lipinski definition) is 5. The number of aromatic nitrogens is 1. The van der Waals surface area contributed by atoms with Gasteiger partial charge in [0.15, 0.2) is 6.10 Å². The second kappa shape index (κ2) is 6.56. The van der Waals surface area contributed by atoms with E-state index in [9.17, 15) is 14.7 Å². The molecular formula is C20H25N3O4. The number of likely N-dealkylation sites (tertiary alicyclic amines) is 1. The quantitative estimate of drug-likeness (QED) is 0.848. The highest BCUT2D eigenvalue weighted by Crippen LogP contribution is 2.42. The number of carbonyl (C=O) groups is 2. The molecule has 27 heavy (non-hydrogen) atoms. The first-order valence-corrected chi connectivity index (χ1v) is 9.91. The molecule has 2 saturated heterocycles. The van der Waals surface area contributed by atoms with Crippen LogP contribution in [0.4, 0.5) is 0 Å². The number of aliphatic hydroxyl groups excluding tert-OH is 1. The maximum Gasteiger partial charge on any atom is 0.254 e. The fraction of sp³-hybridized carbons (Fsp3) is 0.650. The fourth-order valence-electron chi connectivity index (χ4n) is 5.13. The van der Waals surface area contributed by atoms with Gasteiger partial charge in [0.1, 0.15) is 6.61 Å². The van der Waals surface area contributed by atoms with Crippen LogP contribution in [0.5, 0.6) is 0 Å². The van der Waals surface area contributed by atoms with E-state index >= 15 is 0 Å². The van der Waals surface area contributed by atoms with Gasteiger partial charge in [-0.1, -0.05) is 6.07 Å². The molecule has 7 heteroatoms. The molecule has 7 nitrogen and oxygen atoms in total. The molecule has 0 spiro atoms. The lowest BCUT2D eigenvalue weighted by Crippen LogP contribution is -2.55. The van der Waals surface area contributed by atoms with Gasteiger partial charge in [0.25, 0.3) is 5.91 Å². The molecule has 4 aliphatic rings. The van der Waals surface area contributed by atoms with Crippen LogP contribution < -0.4 is 0 Å². The molecule has 2 aliphatic heterocycles. The Morgan fingerprint density at radius 3 is 2.59 bits per heavy atom. The Hall–Kier alpha value is -1.99. The van der Waals surface area contributed by atoms with Crippen LogP contribution in [-0.2, 0) is 14.3 Å². The second-order valence-electron chi connectivity index (χ2n) is 8.38. The summed E-state index contributed by atoms with van der Waals surface area (Å²) in [7, 11) is 0. The first-order valence-electron chi connectivity index (χ1n) is 9.91. The largest absolute Gasteiger partial charge is 0.393 e. The zero-order chi connectivity index (χ0) is 18.5. The van der Waals surface area contributed by atoms with E-state index in [1.807, 2.05) is 21.9 Å². The van der Waals surface area contributed by atoms with Gasteiger partial charge in [-0.15, -0.1) is 0 Å². The second-order valence-corrected chi connectivity index (χ2v) is 8.38. The lowest BCUT2D eigenvalue weighted by atomic mass is 9.97. The van der Waals surface area contributed by atoms with Gasteiger partial charge in [-0.2, -0.15) is 0 Å². The molecule has 1 N–H and O–H groups in total. The molecule has 1 aromatic heterocycles. The third-order valence-corrected chi connectivity index (χ3v) is 6.51. The van der Waals surface area contributed by atoms with E-state index < -0.39 is 12.1 Å². The van der Waals surface area contributed by atoms with Crippen LogP contribution in [-0.4, -0.2) is 69.7 Å². The number of pyridine rings is 1. The molecule has 0 bridgehead atoms.